The van der Waals surface area contributed by atoms with E-state index in [2.05, 4.69) is 10.3 Å². The molecule has 2 aromatic rings. The summed E-state index contributed by atoms with van der Waals surface area (Å²) < 4.78 is 6.07. The molecule has 84 valence electrons. The van der Waals surface area contributed by atoms with E-state index in [1.807, 2.05) is 18.2 Å². The van der Waals surface area contributed by atoms with Gasteiger partial charge in [-0.3, -0.25) is 4.79 Å². The molecular weight excluding hydrogens is 226 g/mol. The smallest absolute Gasteiger partial charge is 0.239 e. The van der Waals surface area contributed by atoms with E-state index < -0.39 is 0 Å². The second-order valence-corrected chi connectivity index (χ2v) is 4.14. The Labute approximate surface area is 96.2 Å². The van der Waals surface area contributed by atoms with Crippen LogP contribution < -0.4 is 15.8 Å². The third-order valence-electron chi connectivity index (χ3n) is 2.03. The number of aromatic nitrogens is 1. The molecule has 0 atom stereocenters. The third-order valence-corrected chi connectivity index (χ3v) is 2.96. The molecule has 0 aliphatic heterocycles. The van der Waals surface area contributed by atoms with Gasteiger partial charge in [-0.05, 0) is 18.2 Å². The van der Waals surface area contributed by atoms with Crippen LogP contribution in [0.25, 0.3) is 10.2 Å². The predicted octanol–water partition coefficient (Wildman–Crippen LogP) is 1.20. The van der Waals surface area contributed by atoms with Crippen molar-refractivity contribution in [1.29, 1.82) is 0 Å². The number of carbonyl (C=O) groups excluding carboxylic acids is 1. The highest BCUT2D eigenvalue weighted by molar-refractivity contribution is 7.22. The van der Waals surface area contributed by atoms with Gasteiger partial charge in [0.25, 0.3) is 0 Å². The molecule has 16 heavy (non-hydrogen) atoms. The molecule has 3 N–H and O–H groups in total. The standard InChI is InChI=1S/C10H11N3O2S/c1-15-6-2-3-7-8(4-6)16-10(12-7)13-9(14)5-11/h2-4H,5,11H2,1H3,(H,12,13,14). The van der Waals surface area contributed by atoms with E-state index in [9.17, 15) is 4.79 Å². The number of rotatable bonds is 3. The van der Waals surface area contributed by atoms with Crippen molar-refractivity contribution in [3.05, 3.63) is 18.2 Å². The van der Waals surface area contributed by atoms with Crippen LogP contribution in [0.4, 0.5) is 5.13 Å². The number of amides is 1. The van der Waals surface area contributed by atoms with Crippen LogP contribution in [0.1, 0.15) is 0 Å². The summed E-state index contributed by atoms with van der Waals surface area (Å²) in [6.07, 6.45) is 0. The Balaban J connectivity index is 2.32. The molecule has 0 fully saturated rings. The van der Waals surface area contributed by atoms with Gasteiger partial charge in [-0.1, -0.05) is 11.3 Å². The summed E-state index contributed by atoms with van der Waals surface area (Å²) in [5.41, 5.74) is 6.04. The zero-order valence-electron chi connectivity index (χ0n) is 8.69. The molecule has 1 heterocycles. The van der Waals surface area contributed by atoms with Gasteiger partial charge in [-0.15, -0.1) is 0 Å². The van der Waals surface area contributed by atoms with Crippen LogP contribution in [0.5, 0.6) is 5.75 Å². The van der Waals surface area contributed by atoms with E-state index in [1.165, 1.54) is 11.3 Å². The van der Waals surface area contributed by atoms with Crippen molar-refractivity contribution in [3.63, 3.8) is 0 Å². The van der Waals surface area contributed by atoms with Crippen molar-refractivity contribution >= 4 is 32.6 Å². The topological polar surface area (TPSA) is 77.2 Å². The number of nitrogens with one attached hydrogen (secondary N) is 1. The normalized spacial score (nSPS) is 10.4. The van der Waals surface area contributed by atoms with Crippen molar-refractivity contribution < 1.29 is 9.53 Å². The largest absolute Gasteiger partial charge is 0.497 e. The van der Waals surface area contributed by atoms with Gasteiger partial charge < -0.3 is 15.8 Å². The Morgan fingerprint density at radius 3 is 3.12 bits per heavy atom. The molecular formula is C10H11N3O2S. The second kappa shape index (κ2) is 4.46. The summed E-state index contributed by atoms with van der Waals surface area (Å²) in [4.78, 5) is 15.3. The molecule has 0 aliphatic rings. The summed E-state index contributed by atoms with van der Waals surface area (Å²) >= 11 is 1.39. The molecule has 0 aliphatic carbocycles. The van der Waals surface area contributed by atoms with Crippen LogP contribution in [-0.4, -0.2) is 24.5 Å². The SMILES string of the molecule is COc1ccc2nc(NC(=O)CN)sc2c1. The molecule has 1 aromatic heterocycles. The highest BCUT2D eigenvalue weighted by Crippen LogP contribution is 2.28. The van der Waals surface area contributed by atoms with Crippen molar-refractivity contribution in [2.24, 2.45) is 5.73 Å². The van der Waals surface area contributed by atoms with Gasteiger partial charge in [0.1, 0.15) is 5.75 Å². The Kier molecular flexibility index (Phi) is 3.02. The lowest BCUT2D eigenvalue weighted by Gasteiger charge is -1.96. The van der Waals surface area contributed by atoms with E-state index in [4.69, 9.17) is 10.5 Å². The summed E-state index contributed by atoms with van der Waals surface area (Å²) in [6, 6.07) is 5.56. The van der Waals surface area contributed by atoms with Crippen LogP contribution >= 0.6 is 11.3 Å². The minimum Gasteiger partial charge on any atom is -0.497 e. The van der Waals surface area contributed by atoms with Crippen molar-refractivity contribution in [2.45, 2.75) is 0 Å². The van der Waals surface area contributed by atoms with Gasteiger partial charge in [0, 0.05) is 0 Å². The first-order valence-electron chi connectivity index (χ1n) is 4.67. The number of nitrogens with two attached hydrogens (primary N) is 1. The lowest BCUT2D eigenvalue weighted by atomic mass is 10.3. The van der Waals surface area contributed by atoms with E-state index in [1.54, 1.807) is 7.11 Å². The maximum atomic E-state index is 11.1. The molecule has 0 bridgehead atoms. The highest BCUT2D eigenvalue weighted by atomic mass is 32.1. The molecule has 5 nitrogen and oxygen atoms in total. The van der Waals surface area contributed by atoms with Crippen LogP contribution in [0, 0.1) is 0 Å². The minimum atomic E-state index is -0.244. The van der Waals surface area contributed by atoms with E-state index in [0.29, 0.717) is 5.13 Å². The maximum Gasteiger partial charge on any atom is 0.239 e. The summed E-state index contributed by atoms with van der Waals surface area (Å²) in [5.74, 6) is 0.527. The van der Waals surface area contributed by atoms with Crippen LogP contribution in [0.2, 0.25) is 0 Å². The number of fused-ring (bicyclic) bond motifs is 1. The maximum absolute atomic E-state index is 11.1. The van der Waals surface area contributed by atoms with Gasteiger partial charge in [-0.25, -0.2) is 4.98 Å². The monoisotopic (exact) mass is 237 g/mol. The number of carbonyl (C=O) groups is 1. The fraction of sp³-hybridized carbons (Fsp3) is 0.200. The van der Waals surface area contributed by atoms with E-state index in [0.717, 1.165) is 16.0 Å². The molecule has 0 unspecified atom stereocenters. The molecule has 0 saturated heterocycles. The Bertz CT molecular complexity index is 524. The fourth-order valence-electron chi connectivity index (χ4n) is 1.26. The fourth-order valence-corrected chi connectivity index (χ4v) is 2.17. The van der Waals surface area contributed by atoms with Crippen molar-refractivity contribution in [3.8, 4) is 5.75 Å². The first-order chi connectivity index (χ1) is 7.72. The lowest BCUT2D eigenvalue weighted by molar-refractivity contribution is -0.114. The molecule has 0 spiro atoms. The predicted molar refractivity (Wildman–Crippen MR) is 63.9 cm³/mol. The van der Waals surface area contributed by atoms with Crippen molar-refractivity contribution in [2.75, 3.05) is 19.0 Å². The number of hydrogen-bond donors (Lipinski definition) is 2. The Morgan fingerprint density at radius 2 is 2.44 bits per heavy atom. The molecule has 6 heteroatoms. The van der Waals surface area contributed by atoms with E-state index in [-0.39, 0.29) is 12.5 Å². The van der Waals surface area contributed by atoms with Crippen LogP contribution in [0.15, 0.2) is 18.2 Å². The van der Waals surface area contributed by atoms with Gasteiger partial charge in [0.05, 0.1) is 23.9 Å². The quantitative estimate of drug-likeness (QED) is 0.841. The molecule has 1 amide bonds. The Morgan fingerprint density at radius 1 is 1.62 bits per heavy atom. The zero-order valence-corrected chi connectivity index (χ0v) is 9.50. The number of benzene rings is 1. The third kappa shape index (κ3) is 2.12. The van der Waals surface area contributed by atoms with Gasteiger partial charge in [0.15, 0.2) is 5.13 Å². The van der Waals surface area contributed by atoms with Gasteiger partial charge >= 0.3 is 0 Å². The second-order valence-electron chi connectivity index (χ2n) is 3.10. The average molecular weight is 237 g/mol. The van der Waals surface area contributed by atoms with Crippen LogP contribution in [-0.2, 0) is 4.79 Å². The van der Waals surface area contributed by atoms with Gasteiger partial charge in [-0.2, -0.15) is 0 Å². The minimum absolute atomic E-state index is 0.0424. The molecule has 1 aromatic carbocycles. The number of ether oxygens (including phenoxy) is 1. The summed E-state index contributed by atoms with van der Waals surface area (Å²) in [6.45, 7) is -0.0424. The number of methoxy groups -OCH3 is 1. The van der Waals surface area contributed by atoms with Gasteiger partial charge in [0.2, 0.25) is 5.91 Å². The molecule has 2 rings (SSSR count). The first-order valence-corrected chi connectivity index (χ1v) is 5.49. The average Bonchev–Trinajstić information content (AvgIpc) is 2.69. The molecule has 0 radical (unpaired) electrons. The number of thiazole rings is 1. The molecule has 0 saturated carbocycles. The first kappa shape index (κ1) is 10.8. The number of anilines is 1. The number of nitrogens with zero attached hydrogens (tertiary/aromatic N) is 1. The zero-order chi connectivity index (χ0) is 11.5. The Hall–Kier alpha value is -1.66. The summed E-state index contributed by atoms with van der Waals surface area (Å²) in [5, 5.41) is 3.18. The number of hydrogen-bond acceptors (Lipinski definition) is 5. The van der Waals surface area contributed by atoms with Crippen LogP contribution in [0.3, 0.4) is 0 Å². The van der Waals surface area contributed by atoms with Crippen molar-refractivity contribution in [1.82, 2.24) is 4.98 Å². The van der Waals surface area contributed by atoms with E-state index >= 15 is 0 Å². The lowest BCUT2D eigenvalue weighted by Crippen LogP contribution is -2.21. The summed E-state index contributed by atoms with van der Waals surface area (Å²) in [7, 11) is 1.61. The highest BCUT2D eigenvalue weighted by Gasteiger charge is 2.07.